The van der Waals surface area contributed by atoms with E-state index in [9.17, 15) is 18.0 Å². The molecule has 47 heavy (non-hydrogen) atoms. The number of anilines is 1. The summed E-state index contributed by atoms with van der Waals surface area (Å²) in [5.74, 6) is -0.254. The zero-order valence-electron chi connectivity index (χ0n) is 28.1. The Bertz CT molecular complexity index is 1750. The molecule has 0 fully saturated rings. The summed E-state index contributed by atoms with van der Waals surface area (Å²) < 4.78 is 35.2. The van der Waals surface area contributed by atoms with Crippen LogP contribution in [0.5, 0.6) is 5.75 Å². The lowest BCUT2D eigenvalue weighted by Gasteiger charge is -2.35. The molecule has 9 heteroatoms. The van der Waals surface area contributed by atoms with Crippen molar-refractivity contribution in [1.82, 2.24) is 10.2 Å². The van der Waals surface area contributed by atoms with Crippen LogP contribution in [0.4, 0.5) is 5.69 Å². The maximum absolute atomic E-state index is 14.6. The Morgan fingerprint density at radius 2 is 1.45 bits per heavy atom. The summed E-state index contributed by atoms with van der Waals surface area (Å²) in [6, 6.07) is 29.5. The number of rotatable bonds is 13. The Morgan fingerprint density at radius 3 is 2.04 bits per heavy atom. The summed E-state index contributed by atoms with van der Waals surface area (Å²) in [5, 5.41) is 3.06. The Balaban J connectivity index is 1.82. The molecular weight excluding hydrogens is 611 g/mol. The number of aryl methyl sites for hydroxylation is 2. The van der Waals surface area contributed by atoms with Gasteiger partial charge in [-0.3, -0.25) is 13.9 Å². The smallest absolute Gasteiger partial charge is 0.264 e. The van der Waals surface area contributed by atoms with Gasteiger partial charge in [-0.1, -0.05) is 77.9 Å². The number of carbonyl (C=O) groups is 2. The molecule has 0 radical (unpaired) electrons. The van der Waals surface area contributed by atoms with Crippen LogP contribution < -0.4 is 14.4 Å². The fourth-order valence-electron chi connectivity index (χ4n) is 5.26. The number of carbonyl (C=O) groups excluding carboxylic acids is 2. The topological polar surface area (TPSA) is 96.0 Å². The van der Waals surface area contributed by atoms with Gasteiger partial charge >= 0.3 is 0 Å². The van der Waals surface area contributed by atoms with Gasteiger partial charge in [-0.2, -0.15) is 0 Å². The zero-order valence-corrected chi connectivity index (χ0v) is 28.9. The van der Waals surface area contributed by atoms with Crippen LogP contribution in [0.3, 0.4) is 0 Å². The van der Waals surface area contributed by atoms with Gasteiger partial charge in [-0.15, -0.1) is 0 Å². The van der Waals surface area contributed by atoms with Crippen molar-refractivity contribution in [3.8, 4) is 5.75 Å². The molecule has 0 aliphatic carbocycles. The zero-order chi connectivity index (χ0) is 34.2. The number of ether oxygens (including phenoxy) is 1. The minimum absolute atomic E-state index is 0.0568. The van der Waals surface area contributed by atoms with Gasteiger partial charge in [0.2, 0.25) is 11.8 Å². The molecule has 0 heterocycles. The van der Waals surface area contributed by atoms with Crippen LogP contribution >= 0.6 is 0 Å². The maximum Gasteiger partial charge on any atom is 0.264 e. The van der Waals surface area contributed by atoms with Crippen molar-refractivity contribution in [2.45, 2.75) is 71.0 Å². The van der Waals surface area contributed by atoms with Crippen LogP contribution in [0.1, 0.15) is 49.9 Å². The van der Waals surface area contributed by atoms with E-state index < -0.39 is 34.1 Å². The van der Waals surface area contributed by atoms with Crippen molar-refractivity contribution < 1.29 is 22.7 Å². The number of hydrogen-bond donors (Lipinski definition) is 1. The van der Waals surface area contributed by atoms with Crippen LogP contribution in [0.15, 0.2) is 108 Å². The van der Waals surface area contributed by atoms with Gasteiger partial charge in [-0.25, -0.2) is 8.42 Å². The Morgan fingerprint density at radius 1 is 0.809 bits per heavy atom. The van der Waals surface area contributed by atoms with Gasteiger partial charge in [0.25, 0.3) is 10.0 Å². The normalized spacial score (nSPS) is 12.2. The van der Waals surface area contributed by atoms with E-state index in [2.05, 4.69) is 5.32 Å². The summed E-state index contributed by atoms with van der Waals surface area (Å²) in [4.78, 5) is 30.2. The quantitative estimate of drug-likeness (QED) is 0.179. The van der Waals surface area contributed by atoms with Gasteiger partial charge in [0, 0.05) is 18.5 Å². The Kier molecular flexibility index (Phi) is 11.5. The van der Waals surface area contributed by atoms with Crippen LogP contribution in [0, 0.1) is 13.8 Å². The monoisotopic (exact) mass is 655 g/mol. The molecule has 4 aromatic rings. The fraction of sp³-hybridized carbons (Fsp3) is 0.316. The molecule has 0 aliphatic rings. The number of amides is 2. The third kappa shape index (κ3) is 9.68. The van der Waals surface area contributed by atoms with Crippen LogP contribution in [0.25, 0.3) is 0 Å². The molecule has 4 aromatic carbocycles. The molecule has 1 unspecified atom stereocenters. The van der Waals surface area contributed by atoms with Crippen molar-refractivity contribution in [3.63, 3.8) is 0 Å². The average molecular weight is 656 g/mol. The highest BCUT2D eigenvalue weighted by molar-refractivity contribution is 7.92. The van der Waals surface area contributed by atoms with E-state index in [1.54, 1.807) is 36.4 Å². The average Bonchev–Trinajstić information content (AvgIpc) is 3.02. The van der Waals surface area contributed by atoms with E-state index in [4.69, 9.17) is 4.74 Å². The van der Waals surface area contributed by atoms with Crippen molar-refractivity contribution in [2.75, 3.05) is 17.5 Å². The molecule has 0 aromatic heterocycles. The van der Waals surface area contributed by atoms with E-state index in [0.29, 0.717) is 18.0 Å². The molecule has 0 spiro atoms. The highest BCUT2D eigenvalue weighted by atomic mass is 32.2. The molecular formula is C38H45N3O5S. The molecule has 1 atom stereocenters. The summed E-state index contributed by atoms with van der Waals surface area (Å²) in [7, 11) is -4.19. The molecule has 248 valence electrons. The van der Waals surface area contributed by atoms with Gasteiger partial charge in [0.05, 0.1) is 17.2 Å². The molecule has 4 rings (SSSR count). The van der Waals surface area contributed by atoms with Crippen LogP contribution in [-0.2, 0) is 32.6 Å². The number of nitrogens with zero attached hydrogens (tertiary/aromatic N) is 2. The van der Waals surface area contributed by atoms with Crippen LogP contribution in [0.2, 0.25) is 0 Å². The van der Waals surface area contributed by atoms with Gasteiger partial charge in [0.1, 0.15) is 18.3 Å². The third-order valence-electron chi connectivity index (χ3n) is 7.53. The number of nitrogens with one attached hydrogen (secondary N) is 1. The Hall–Kier alpha value is -4.63. The number of hydrogen-bond acceptors (Lipinski definition) is 5. The molecule has 0 saturated carbocycles. The fourth-order valence-corrected chi connectivity index (χ4v) is 6.67. The summed E-state index contributed by atoms with van der Waals surface area (Å²) in [6.45, 7) is 11.4. The lowest BCUT2D eigenvalue weighted by Crippen LogP contribution is -2.56. The molecule has 0 saturated heterocycles. The predicted molar refractivity (Wildman–Crippen MR) is 187 cm³/mol. The molecule has 1 N–H and O–H groups in total. The lowest BCUT2D eigenvalue weighted by atomic mass is 10.0. The SMILES string of the molecule is CCOc1ccc(N(CC(=O)N(Cc2cccc(C)c2)C(Cc2ccccc2)C(=O)NC(C)(C)C)S(=O)(=O)c2ccc(C)cc2)cc1. The summed E-state index contributed by atoms with van der Waals surface area (Å²) in [6.07, 6.45) is 0.244. The minimum Gasteiger partial charge on any atom is -0.494 e. The molecule has 0 bridgehead atoms. The largest absolute Gasteiger partial charge is 0.494 e. The van der Waals surface area contributed by atoms with Crippen molar-refractivity contribution in [1.29, 1.82) is 0 Å². The van der Waals surface area contributed by atoms with Crippen molar-refractivity contribution >= 4 is 27.5 Å². The molecule has 0 aliphatic heterocycles. The first-order valence-electron chi connectivity index (χ1n) is 15.8. The first-order valence-corrected chi connectivity index (χ1v) is 17.2. The first kappa shape index (κ1) is 35.2. The third-order valence-corrected chi connectivity index (χ3v) is 9.32. The second kappa shape index (κ2) is 15.3. The van der Waals surface area contributed by atoms with E-state index in [1.165, 1.54) is 17.0 Å². The second-order valence-electron chi connectivity index (χ2n) is 12.7. The van der Waals surface area contributed by atoms with Gasteiger partial charge < -0.3 is 15.0 Å². The minimum atomic E-state index is -4.19. The van der Waals surface area contributed by atoms with E-state index in [-0.39, 0.29) is 23.8 Å². The van der Waals surface area contributed by atoms with Gasteiger partial charge in [0.15, 0.2) is 0 Å². The molecule has 2 amide bonds. The van der Waals surface area contributed by atoms with Crippen molar-refractivity contribution in [3.05, 3.63) is 125 Å². The summed E-state index contributed by atoms with van der Waals surface area (Å²) in [5.41, 5.74) is 3.36. The van der Waals surface area contributed by atoms with Crippen molar-refractivity contribution in [2.24, 2.45) is 0 Å². The Labute approximate surface area is 279 Å². The highest BCUT2D eigenvalue weighted by Gasteiger charge is 2.35. The number of benzene rings is 4. The van der Waals surface area contributed by atoms with E-state index in [1.807, 2.05) is 96.1 Å². The maximum atomic E-state index is 14.6. The lowest BCUT2D eigenvalue weighted by molar-refractivity contribution is -0.140. The second-order valence-corrected chi connectivity index (χ2v) is 14.6. The van der Waals surface area contributed by atoms with E-state index in [0.717, 1.165) is 26.6 Å². The first-order chi connectivity index (χ1) is 22.3. The predicted octanol–water partition coefficient (Wildman–Crippen LogP) is 6.45. The summed E-state index contributed by atoms with van der Waals surface area (Å²) >= 11 is 0. The standard InChI is InChI=1S/C38H45N3O5S/c1-7-46-33-20-18-32(19-21-33)41(47(44,45)34-22-16-28(2)17-23-34)27-36(42)40(26-31-15-11-12-29(3)24-31)35(37(43)39-38(4,5)6)25-30-13-9-8-10-14-30/h8-24,35H,7,25-27H2,1-6H3,(H,39,43). The van der Waals surface area contributed by atoms with Crippen LogP contribution in [-0.4, -0.2) is 49.9 Å². The molecule has 8 nitrogen and oxygen atoms in total. The van der Waals surface area contributed by atoms with Gasteiger partial charge in [-0.05, 0) is 89.1 Å². The highest BCUT2D eigenvalue weighted by Crippen LogP contribution is 2.27. The number of sulfonamides is 1. The van der Waals surface area contributed by atoms with E-state index >= 15 is 0 Å².